The van der Waals surface area contributed by atoms with Crippen molar-refractivity contribution in [1.82, 2.24) is 5.32 Å². The van der Waals surface area contributed by atoms with Crippen molar-refractivity contribution in [3.05, 3.63) is 0 Å². The van der Waals surface area contributed by atoms with Gasteiger partial charge in [-0.3, -0.25) is 0 Å². The maximum atomic E-state index is 9.56. The van der Waals surface area contributed by atoms with Crippen molar-refractivity contribution >= 4 is 0 Å². The molecule has 0 aromatic carbocycles. The van der Waals surface area contributed by atoms with Crippen molar-refractivity contribution < 1.29 is 5.11 Å². The second kappa shape index (κ2) is 4.07. The first-order valence-corrected chi connectivity index (χ1v) is 4.64. The summed E-state index contributed by atoms with van der Waals surface area (Å²) in [5.41, 5.74) is 0. The molecule has 0 unspecified atom stereocenters. The zero-order valence-corrected chi connectivity index (χ0v) is 7.51. The predicted octanol–water partition coefficient (Wildman–Crippen LogP) is 1.29. The quantitative estimate of drug-likeness (QED) is 0.633. The fourth-order valence-corrected chi connectivity index (χ4v) is 1.73. The van der Waals surface area contributed by atoms with E-state index < -0.39 is 0 Å². The Kier molecular flexibility index (Phi) is 3.34. The lowest BCUT2D eigenvalue weighted by Gasteiger charge is -2.30. The summed E-state index contributed by atoms with van der Waals surface area (Å²) in [6.07, 6.45) is 4.47. The molecule has 2 atom stereocenters. The van der Waals surface area contributed by atoms with E-state index in [1.165, 1.54) is 12.8 Å². The fourth-order valence-electron chi connectivity index (χ4n) is 1.73. The summed E-state index contributed by atoms with van der Waals surface area (Å²) in [7, 11) is 0. The van der Waals surface area contributed by atoms with Gasteiger partial charge in [0.2, 0.25) is 0 Å². The maximum absolute atomic E-state index is 9.56. The minimum Gasteiger partial charge on any atom is -0.392 e. The van der Waals surface area contributed by atoms with Gasteiger partial charge in [0.25, 0.3) is 0 Å². The van der Waals surface area contributed by atoms with Gasteiger partial charge in [0.05, 0.1) is 6.10 Å². The molecule has 0 saturated heterocycles. The topological polar surface area (TPSA) is 32.3 Å². The molecule has 0 aliphatic heterocycles. The molecule has 0 amide bonds. The van der Waals surface area contributed by atoms with Crippen LogP contribution < -0.4 is 5.32 Å². The molecule has 2 nitrogen and oxygen atoms in total. The third-order valence-corrected chi connectivity index (χ3v) is 2.28. The highest BCUT2D eigenvalue weighted by Crippen LogP contribution is 2.18. The largest absolute Gasteiger partial charge is 0.392 e. The van der Waals surface area contributed by atoms with E-state index in [4.69, 9.17) is 0 Å². The van der Waals surface area contributed by atoms with Gasteiger partial charge in [-0.1, -0.05) is 26.7 Å². The highest BCUT2D eigenvalue weighted by molar-refractivity contribution is 4.81. The molecule has 0 bridgehead atoms. The summed E-state index contributed by atoms with van der Waals surface area (Å²) >= 11 is 0. The van der Waals surface area contributed by atoms with E-state index >= 15 is 0 Å². The van der Waals surface area contributed by atoms with Crippen LogP contribution in [0.15, 0.2) is 0 Å². The van der Waals surface area contributed by atoms with E-state index in [-0.39, 0.29) is 6.10 Å². The minimum atomic E-state index is -0.105. The Morgan fingerprint density at radius 1 is 1.27 bits per heavy atom. The van der Waals surface area contributed by atoms with Gasteiger partial charge in [-0.2, -0.15) is 0 Å². The number of hydrogen-bond acceptors (Lipinski definition) is 2. The van der Waals surface area contributed by atoms with E-state index in [0.717, 1.165) is 12.8 Å². The minimum absolute atomic E-state index is 0.105. The first kappa shape index (κ1) is 9.01. The molecule has 1 aliphatic rings. The molecule has 11 heavy (non-hydrogen) atoms. The molecule has 1 fully saturated rings. The third kappa shape index (κ3) is 2.80. The van der Waals surface area contributed by atoms with Crippen LogP contribution in [0.3, 0.4) is 0 Å². The average Bonchev–Trinajstić information content (AvgIpc) is 1.93. The molecule has 2 heteroatoms. The molecular formula is C9H19NO. The Balaban J connectivity index is 2.29. The van der Waals surface area contributed by atoms with Gasteiger partial charge < -0.3 is 10.4 Å². The van der Waals surface area contributed by atoms with Crippen molar-refractivity contribution in [2.45, 2.75) is 57.7 Å². The van der Waals surface area contributed by atoms with Crippen LogP contribution in [0.1, 0.15) is 39.5 Å². The highest BCUT2D eigenvalue weighted by Gasteiger charge is 2.22. The molecule has 66 valence electrons. The summed E-state index contributed by atoms with van der Waals surface area (Å²) in [6.45, 7) is 4.25. The maximum Gasteiger partial charge on any atom is 0.0693 e. The summed E-state index contributed by atoms with van der Waals surface area (Å²) in [6, 6.07) is 0.844. The second-order valence-corrected chi connectivity index (χ2v) is 3.78. The first-order valence-electron chi connectivity index (χ1n) is 4.64. The van der Waals surface area contributed by atoms with Crippen molar-refractivity contribution in [1.29, 1.82) is 0 Å². The Bertz CT molecular complexity index is 114. The molecule has 1 saturated carbocycles. The Morgan fingerprint density at radius 2 is 1.91 bits per heavy atom. The van der Waals surface area contributed by atoms with Gasteiger partial charge in [-0.05, 0) is 12.8 Å². The lowest BCUT2D eigenvalue weighted by Crippen LogP contribution is -2.45. The van der Waals surface area contributed by atoms with Crippen LogP contribution >= 0.6 is 0 Å². The van der Waals surface area contributed by atoms with Crippen molar-refractivity contribution in [3.8, 4) is 0 Å². The summed E-state index contributed by atoms with van der Waals surface area (Å²) in [5.74, 6) is 0. The Morgan fingerprint density at radius 3 is 2.45 bits per heavy atom. The van der Waals surface area contributed by atoms with E-state index in [0.29, 0.717) is 12.1 Å². The molecular weight excluding hydrogens is 138 g/mol. The monoisotopic (exact) mass is 157 g/mol. The summed E-state index contributed by atoms with van der Waals surface area (Å²) in [5, 5.41) is 12.9. The van der Waals surface area contributed by atoms with Crippen LogP contribution in [-0.4, -0.2) is 23.3 Å². The lowest BCUT2D eigenvalue weighted by molar-refractivity contribution is 0.0871. The Hall–Kier alpha value is -0.0800. The SMILES string of the molecule is CC(C)N[C@@H]1CCCC[C@H]1O. The predicted molar refractivity (Wildman–Crippen MR) is 46.5 cm³/mol. The van der Waals surface area contributed by atoms with Gasteiger partial charge in [-0.15, -0.1) is 0 Å². The number of hydrogen-bond donors (Lipinski definition) is 2. The molecule has 2 N–H and O–H groups in total. The molecule has 0 radical (unpaired) electrons. The van der Waals surface area contributed by atoms with Crippen LogP contribution in [0.25, 0.3) is 0 Å². The van der Waals surface area contributed by atoms with Gasteiger partial charge >= 0.3 is 0 Å². The second-order valence-electron chi connectivity index (χ2n) is 3.78. The van der Waals surface area contributed by atoms with Crippen LogP contribution in [0.2, 0.25) is 0 Å². The molecule has 0 heterocycles. The molecule has 1 rings (SSSR count). The number of aliphatic hydroxyl groups is 1. The van der Waals surface area contributed by atoms with E-state index in [1.54, 1.807) is 0 Å². The molecule has 0 aromatic heterocycles. The first-order chi connectivity index (χ1) is 5.20. The Labute approximate surface area is 69.0 Å². The van der Waals surface area contributed by atoms with E-state index in [2.05, 4.69) is 19.2 Å². The fraction of sp³-hybridized carbons (Fsp3) is 1.00. The number of rotatable bonds is 2. The summed E-state index contributed by atoms with van der Waals surface area (Å²) < 4.78 is 0. The third-order valence-electron chi connectivity index (χ3n) is 2.28. The van der Waals surface area contributed by atoms with Crippen LogP contribution in [0, 0.1) is 0 Å². The van der Waals surface area contributed by atoms with E-state index in [9.17, 15) is 5.11 Å². The van der Waals surface area contributed by atoms with Gasteiger partial charge in [0.15, 0.2) is 0 Å². The number of nitrogens with one attached hydrogen (secondary N) is 1. The summed E-state index contributed by atoms with van der Waals surface area (Å²) in [4.78, 5) is 0. The zero-order chi connectivity index (χ0) is 8.27. The lowest BCUT2D eigenvalue weighted by atomic mass is 9.92. The van der Waals surface area contributed by atoms with Crippen LogP contribution in [0.4, 0.5) is 0 Å². The van der Waals surface area contributed by atoms with Crippen LogP contribution in [0.5, 0.6) is 0 Å². The van der Waals surface area contributed by atoms with Crippen molar-refractivity contribution in [3.63, 3.8) is 0 Å². The standard InChI is InChI=1S/C9H19NO/c1-7(2)10-8-5-3-4-6-9(8)11/h7-11H,3-6H2,1-2H3/t8-,9-/m1/s1. The van der Waals surface area contributed by atoms with Gasteiger partial charge in [0.1, 0.15) is 0 Å². The zero-order valence-electron chi connectivity index (χ0n) is 7.51. The van der Waals surface area contributed by atoms with Crippen molar-refractivity contribution in [2.24, 2.45) is 0 Å². The molecule has 1 aliphatic carbocycles. The number of aliphatic hydroxyl groups excluding tert-OH is 1. The smallest absolute Gasteiger partial charge is 0.0693 e. The van der Waals surface area contributed by atoms with Crippen LogP contribution in [-0.2, 0) is 0 Å². The van der Waals surface area contributed by atoms with Gasteiger partial charge in [-0.25, -0.2) is 0 Å². The van der Waals surface area contributed by atoms with Gasteiger partial charge in [0, 0.05) is 12.1 Å². The molecule has 0 spiro atoms. The molecule has 0 aromatic rings. The highest BCUT2D eigenvalue weighted by atomic mass is 16.3. The normalized spacial score (nSPS) is 32.7. The van der Waals surface area contributed by atoms with E-state index in [1.807, 2.05) is 0 Å². The average molecular weight is 157 g/mol. The van der Waals surface area contributed by atoms with Crippen molar-refractivity contribution in [2.75, 3.05) is 0 Å².